The van der Waals surface area contributed by atoms with Crippen molar-refractivity contribution in [2.45, 2.75) is 0 Å². The molecule has 2 aromatic heterocycles. The lowest BCUT2D eigenvalue weighted by Crippen LogP contribution is -2.24. The molecular formula is C21H14N+. The number of para-hydroxylation sites is 1. The summed E-state index contributed by atoms with van der Waals surface area (Å²) in [5.41, 5.74) is 3.76. The number of pyridine rings is 2. The van der Waals surface area contributed by atoms with Gasteiger partial charge in [0.15, 0.2) is 0 Å². The van der Waals surface area contributed by atoms with Crippen LogP contribution in [0.4, 0.5) is 0 Å². The summed E-state index contributed by atoms with van der Waals surface area (Å²) in [4.78, 5) is 0. The molecule has 0 aliphatic heterocycles. The molecule has 0 amide bonds. The summed E-state index contributed by atoms with van der Waals surface area (Å²) in [6, 6.07) is 30.4. The predicted molar refractivity (Wildman–Crippen MR) is 92.1 cm³/mol. The first-order valence-electron chi connectivity index (χ1n) is 7.56. The molecule has 2 heterocycles. The number of rotatable bonds is 0. The lowest BCUT2D eigenvalue weighted by molar-refractivity contribution is -0.449. The summed E-state index contributed by atoms with van der Waals surface area (Å²) >= 11 is 0. The van der Waals surface area contributed by atoms with E-state index in [1.165, 1.54) is 38.1 Å². The van der Waals surface area contributed by atoms with Gasteiger partial charge in [0.05, 0.1) is 5.39 Å². The zero-order valence-corrected chi connectivity index (χ0v) is 12.0. The van der Waals surface area contributed by atoms with Gasteiger partial charge in [0, 0.05) is 29.0 Å². The third-order valence-electron chi connectivity index (χ3n) is 4.46. The average molecular weight is 280 g/mol. The van der Waals surface area contributed by atoms with E-state index < -0.39 is 0 Å². The molecule has 5 aromatic rings. The van der Waals surface area contributed by atoms with Crippen LogP contribution in [0.1, 0.15) is 0 Å². The van der Waals surface area contributed by atoms with Gasteiger partial charge in [0.1, 0.15) is 0 Å². The maximum Gasteiger partial charge on any atom is 0.226 e. The van der Waals surface area contributed by atoms with Crippen molar-refractivity contribution in [2.24, 2.45) is 0 Å². The van der Waals surface area contributed by atoms with Crippen LogP contribution >= 0.6 is 0 Å². The molecule has 5 rings (SSSR count). The second-order valence-corrected chi connectivity index (χ2v) is 5.71. The highest BCUT2D eigenvalue weighted by Gasteiger charge is 2.15. The van der Waals surface area contributed by atoms with Gasteiger partial charge in [-0.25, -0.2) is 0 Å². The Morgan fingerprint density at radius 2 is 1.14 bits per heavy atom. The number of nitrogens with zero attached hydrogens (tertiary/aromatic N) is 1. The van der Waals surface area contributed by atoms with Crippen LogP contribution in [0.2, 0.25) is 0 Å². The Bertz CT molecular complexity index is 1070. The minimum Gasteiger partial charge on any atom is -0.152 e. The van der Waals surface area contributed by atoms with Crippen molar-refractivity contribution in [3.05, 3.63) is 84.9 Å². The fourth-order valence-electron chi connectivity index (χ4n) is 3.43. The first-order chi connectivity index (χ1) is 10.9. The van der Waals surface area contributed by atoms with E-state index in [4.69, 9.17) is 0 Å². The molecule has 0 spiro atoms. The van der Waals surface area contributed by atoms with E-state index in [1.807, 2.05) is 0 Å². The van der Waals surface area contributed by atoms with Crippen LogP contribution < -0.4 is 4.40 Å². The van der Waals surface area contributed by atoms with Gasteiger partial charge in [-0.15, -0.1) is 0 Å². The largest absolute Gasteiger partial charge is 0.226 e. The Morgan fingerprint density at radius 3 is 2.05 bits per heavy atom. The van der Waals surface area contributed by atoms with Crippen LogP contribution in [-0.2, 0) is 0 Å². The fourth-order valence-corrected chi connectivity index (χ4v) is 3.43. The smallest absolute Gasteiger partial charge is 0.152 e. The first-order valence-corrected chi connectivity index (χ1v) is 7.56. The highest BCUT2D eigenvalue weighted by Crippen LogP contribution is 2.24. The van der Waals surface area contributed by atoms with Gasteiger partial charge >= 0.3 is 0 Å². The summed E-state index contributed by atoms with van der Waals surface area (Å²) in [5.74, 6) is 0. The summed E-state index contributed by atoms with van der Waals surface area (Å²) in [6.07, 6.45) is 0. The first kappa shape index (κ1) is 11.7. The molecule has 0 unspecified atom stereocenters. The second-order valence-electron chi connectivity index (χ2n) is 5.71. The SMILES string of the molecule is c1ccc2c(c1)ccc1ccc3ccc4ccccc4[n+]3c12. The van der Waals surface area contributed by atoms with Crippen molar-refractivity contribution >= 4 is 38.1 Å². The number of fused-ring (bicyclic) bond motifs is 7. The molecule has 0 fully saturated rings. The number of aromatic nitrogens is 1. The van der Waals surface area contributed by atoms with E-state index in [9.17, 15) is 0 Å². The molecule has 0 bridgehead atoms. The van der Waals surface area contributed by atoms with Crippen molar-refractivity contribution in [1.29, 1.82) is 0 Å². The van der Waals surface area contributed by atoms with E-state index in [1.54, 1.807) is 0 Å². The van der Waals surface area contributed by atoms with Crippen LogP contribution in [0.25, 0.3) is 38.1 Å². The van der Waals surface area contributed by atoms with Crippen LogP contribution in [0.3, 0.4) is 0 Å². The lowest BCUT2D eigenvalue weighted by Gasteiger charge is -2.04. The Balaban J connectivity index is 2.19. The quantitative estimate of drug-likeness (QED) is 0.281. The van der Waals surface area contributed by atoms with Gasteiger partial charge in [-0.1, -0.05) is 36.4 Å². The molecule has 0 atom stereocenters. The van der Waals surface area contributed by atoms with Gasteiger partial charge in [-0.2, -0.15) is 4.40 Å². The normalized spacial score (nSPS) is 11.6. The topological polar surface area (TPSA) is 4.10 Å². The highest BCUT2D eigenvalue weighted by molar-refractivity contribution is 6.04. The highest BCUT2D eigenvalue weighted by atomic mass is 14.9. The molecule has 0 aliphatic carbocycles. The van der Waals surface area contributed by atoms with Crippen molar-refractivity contribution in [1.82, 2.24) is 0 Å². The molecule has 0 saturated heterocycles. The molecule has 3 aromatic carbocycles. The molecule has 1 nitrogen and oxygen atoms in total. The molecule has 102 valence electrons. The standard InChI is InChI=1S/C21H14N/c1-3-7-19-15(5-1)9-10-17-12-14-18-13-11-16-6-2-4-8-20(16)22(18)21(17)19/h1-14H/q+1. The van der Waals surface area contributed by atoms with Crippen LogP contribution in [0.5, 0.6) is 0 Å². The Labute approximate surface area is 128 Å². The Hall–Kier alpha value is -2.93. The van der Waals surface area contributed by atoms with Gasteiger partial charge in [0.2, 0.25) is 16.6 Å². The Kier molecular flexibility index (Phi) is 2.28. The van der Waals surface area contributed by atoms with Crippen LogP contribution in [-0.4, -0.2) is 0 Å². The predicted octanol–water partition coefficient (Wildman–Crippen LogP) is 4.88. The Morgan fingerprint density at radius 1 is 0.500 bits per heavy atom. The summed E-state index contributed by atoms with van der Waals surface area (Å²) in [6.45, 7) is 0. The number of hydrogen-bond donors (Lipinski definition) is 0. The molecule has 0 saturated carbocycles. The summed E-state index contributed by atoms with van der Waals surface area (Å²) in [5, 5.41) is 5.11. The number of hydrogen-bond acceptors (Lipinski definition) is 0. The van der Waals surface area contributed by atoms with Crippen molar-refractivity contribution in [3.63, 3.8) is 0 Å². The van der Waals surface area contributed by atoms with Gasteiger partial charge in [-0.05, 0) is 35.7 Å². The molecule has 1 heteroatoms. The molecule has 0 N–H and O–H groups in total. The van der Waals surface area contributed by atoms with Crippen molar-refractivity contribution < 1.29 is 4.40 Å². The van der Waals surface area contributed by atoms with Crippen LogP contribution in [0, 0.1) is 0 Å². The van der Waals surface area contributed by atoms with Gasteiger partial charge in [-0.3, -0.25) is 0 Å². The maximum atomic E-state index is 2.38. The van der Waals surface area contributed by atoms with E-state index in [0.717, 1.165) is 0 Å². The minimum atomic E-state index is 1.22. The van der Waals surface area contributed by atoms with Gasteiger partial charge < -0.3 is 0 Å². The van der Waals surface area contributed by atoms with Gasteiger partial charge in [0.25, 0.3) is 0 Å². The second kappa shape index (κ2) is 4.28. The lowest BCUT2D eigenvalue weighted by atomic mass is 10.0. The summed E-state index contributed by atoms with van der Waals surface area (Å²) in [7, 11) is 0. The van der Waals surface area contributed by atoms with Crippen LogP contribution in [0.15, 0.2) is 84.9 Å². The van der Waals surface area contributed by atoms with E-state index >= 15 is 0 Å². The average Bonchev–Trinajstić information content (AvgIpc) is 2.60. The maximum absolute atomic E-state index is 2.38. The van der Waals surface area contributed by atoms with E-state index in [0.29, 0.717) is 0 Å². The molecule has 0 aliphatic rings. The zero-order valence-electron chi connectivity index (χ0n) is 12.0. The fraction of sp³-hybridized carbons (Fsp3) is 0. The third kappa shape index (κ3) is 1.51. The molecular weight excluding hydrogens is 266 g/mol. The minimum absolute atomic E-state index is 1.22. The monoisotopic (exact) mass is 280 g/mol. The van der Waals surface area contributed by atoms with Crippen molar-refractivity contribution in [2.75, 3.05) is 0 Å². The zero-order chi connectivity index (χ0) is 14.5. The van der Waals surface area contributed by atoms with E-state index in [-0.39, 0.29) is 0 Å². The summed E-state index contributed by atoms with van der Waals surface area (Å²) < 4.78 is 2.38. The number of benzene rings is 3. The third-order valence-corrected chi connectivity index (χ3v) is 4.46. The molecule has 22 heavy (non-hydrogen) atoms. The molecule has 0 radical (unpaired) electrons. The van der Waals surface area contributed by atoms with Crippen molar-refractivity contribution in [3.8, 4) is 0 Å². The van der Waals surface area contributed by atoms with E-state index in [2.05, 4.69) is 89.3 Å².